The van der Waals surface area contributed by atoms with Gasteiger partial charge < -0.3 is 9.73 Å². The Morgan fingerprint density at radius 3 is 2.92 bits per heavy atom. The molecule has 2 nitrogen and oxygen atoms in total. The Kier molecular flexibility index (Phi) is 2.38. The number of furan rings is 1. The average molecular weight is 240 g/mol. The summed E-state index contributed by atoms with van der Waals surface area (Å²) in [5, 5.41) is 4.27. The fourth-order valence-corrected chi connectivity index (χ4v) is 1.70. The fourth-order valence-electron chi connectivity index (χ4n) is 1.35. The molecule has 0 saturated carbocycles. The molecule has 1 N–H and O–H groups in total. The molecule has 1 aromatic carbocycles. The normalized spacial score (nSPS) is 13.4. The van der Waals surface area contributed by atoms with E-state index in [-0.39, 0.29) is 4.95 Å². The summed E-state index contributed by atoms with van der Waals surface area (Å²) in [7, 11) is 1.90. The Hall–Kier alpha value is -0.800. The number of benzene rings is 1. The highest BCUT2D eigenvalue weighted by Crippen LogP contribution is 2.28. The van der Waals surface area contributed by atoms with Gasteiger partial charge in [0, 0.05) is 10.9 Å². The number of alkyl halides is 1. The molecular formula is C10H10BrNO. The van der Waals surface area contributed by atoms with Gasteiger partial charge in [0.25, 0.3) is 0 Å². The van der Waals surface area contributed by atoms with Crippen molar-refractivity contribution in [2.45, 2.75) is 4.95 Å². The number of halogens is 1. The average Bonchev–Trinajstić information content (AvgIpc) is 2.60. The monoisotopic (exact) mass is 239 g/mol. The van der Waals surface area contributed by atoms with Crippen molar-refractivity contribution in [1.82, 2.24) is 5.32 Å². The van der Waals surface area contributed by atoms with Crippen LogP contribution in [0.15, 0.2) is 34.9 Å². The maximum atomic E-state index is 5.40. The van der Waals surface area contributed by atoms with Gasteiger partial charge in [0.05, 0.1) is 11.2 Å². The van der Waals surface area contributed by atoms with Crippen LogP contribution >= 0.6 is 15.9 Å². The largest absolute Gasteiger partial charge is 0.464 e. The molecule has 0 aliphatic carbocycles. The summed E-state index contributed by atoms with van der Waals surface area (Å²) in [6.07, 6.45) is 1.78. The molecule has 0 bridgehead atoms. The molecule has 1 unspecified atom stereocenters. The Balaban J connectivity index is 2.57. The van der Waals surface area contributed by atoms with Crippen LogP contribution in [-0.4, -0.2) is 7.05 Å². The van der Waals surface area contributed by atoms with Crippen molar-refractivity contribution >= 4 is 26.9 Å². The first-order chi connectivity index (χ1) is 6.33. The van der Waals surface area contributed by atoms with Gasteiger partial charge in [-0.1, -0.05) is 34.1 Å². The van der Waals surface area contributed by atoms with Gasteiger partial charge in [0.2, 0.25) is 0 Å². The molecule has 3 heteroatoms. The van der Waals surface area contributed by atoms with E-state index in [4.69, 9.17) is 4.42 Å². The summed E-state index contributed by atoms with van der Waals surface area (Å²) in [5.74, 6) is 0. The minimum atomic E-state index is 0.149. The van der Waals surface area contributed by atoms with Crippen LogP contribution in [0.2, 0.25) is 0 Å². The van der Waals surface area contributed by atoms with E-state index in [2.05, 4.69) is 27.3 Å². The lowest BCUT2D eigenvalue weighted by atomic mass is 10.2. The zero-order chi connectivity index (χ0) is 9.26. The third kappa shape index (κ3) is 1.49. The molecule has 1 heterocycles. The Bertz CT molecular complexity index is 410. The lowest BCUT2D eigenvalue weighted by molar-refractivity contribution is 0.607. The van der Waals surface area contributed by atoms with Gasteiger partial charge in [-0.2, -0.15) is 0 Å². The minimum Gasteiger partial charge on any atom is -0.464 e. The van der Waals surface area contributed by atoms with Crippen LogP contribution in [0.5, 0.6) is 0 Å². The quantitative estimate of drug-likeness (QED) is 0.644. The molecule has 0 amide bonds. The van der Waals surface area contributed by atoms with Gasteiger partial charge in [-0.25, -0.2) is 0 Å². The Labute approximate surface area is 85.1 Å². The minimum absolute atomic E-state index is 0.149. The van der Waals surface area contributed by atoms with Gasteiger partial charge in [0.1, 0.15) is 5.58 Å². The molecule has 1 atom stereocenters. The van der Waals surface area contributed by atoms with Gasteiger partial charge in [0.15, 0.2) is 0 Å². The van der Waals surface area contributed by atoms with Gasteiger partial charge in [-0.15, -0.1) is 0 Å². The molecule has 0 saturated heterocycles. The predicted molar refractivity (Wildman–Crippen MR) is 56.9 cm³/mol. The first-order valence-corrected chi connectivity index (χ1v) is 5.02. The summed E-state index contributed by atoms with van der Waals surface area (Å²) in [5.41, 5.74) is 2.07. The number of hydrogen-bond acceptors (Lipinski definition) is 2. The number of rotatable bonds is 2. The highest BCUT2D eigenvalue weighted by Gasteiger charge is 2.11. The van der Waals surface area contributed by atoms with Crippen LogP contribution in [0, 0.1) is 0 Å². The Morgan fingerprint density at radius 1 is 1.38 bits per heavy atom. The maximum Gasteiger partial charge on any atom is 0.134 e. The van der Waals surface area contributed by atoms with Crippen molar-refractivity contribution in [2.24, 2.45) is 0 Å². The lowest BCUT2D eigenvalue weighted by Crippen LogP contribution is -2.08. The molecule has 0 aliphatic heterocycles. The fraction of sp³-hybridized carbons (Fsp3) is 0.200. The first-order valence-electron chi connectivity index (χ1n) is 4.10. The second-order valence-corrected chi connectivity index (χ2v) is 3.75. The molecule has 0 radical (unpaired) electrons. The van der Waals surface area contributed by atoms with Crippen LogP contribution in [0.3, 0.4) is 0 Å². The zero-order valence-corrected chi connectivity index (χ0v) is 8.84. The third-order valence-corrected chi connectivity index (χ3v) is 2.99. The smallest absolute Gasteiger partial charge is 0.134 e. The van der Waals surface area contributed by atoms with E-state index in [9.17, 15) is 0 Å². The van der Waals surface area contributed by atoms with Crippen LogP contribution in [0.1, 0.15) is 10.5 Å². The number of hydrogen-bond donors (Lipinski definition) is 1. The van der Waals surface area contributed by atoms with E-state index in [0.29, 0.717) is 0 Å². The molecule has 2 rings (SSSR count). The van der Waals surface area contributed by atoms with Gasteiger partial charge in [-0.05, 0) is 13.1 Å². The van der Waals surface area contributed by atoms with Gasteiger partial charge >= 0.3 is 0 Å². The van der Waals surface area contributed by atoms with Crippen molar-refractivity contribution in [3.63, 3.8) is 0 Å². The molecule has 0 fully saturated rings. The van der Waals surface area contributed by atoms with Crippen molar-refractivity contribution in [2.75, 3.05) is 7.05 Å². The molecular weight excluding hydrogens is 230 g/mol. The van der Waals surface area contributed by atoms with Crippen molar-refractivity contribution < 1.29 is 4.42 Å². The third-order valence-electron chi connectivity index (χ3n) is 2.04. The van der Waals surface area contributed by atoms with Crippen LogP contribution in [-0.2, 0) is 0 Å². The SMILES string of the molecule is CNC(Br)c1coc2ccccc12. The highest BCUT2D eigenvalue weighted by atomic mass is 79.9. The molecule has 68 valence electrons. The molecule has 1 aromatic heterocycles. The predicted octanol–water partition coefficient (Wildman–Crippen LogP) is 3.05. The second kappa shape index (κ2) is 3.52. The van der Waals surface area contributed by atoms with Crippen LogP contribution in [0.25, 0.3) is 11.0 Å². The molecule has 13 heavy (non-hydrogen) atoms. The molecule has 0 aliphatic rings. The van der Waals surface area contributed by atoms with E-state index in [0.717, 1.165) is 16.5 Å². The topological polar surface area (TPSA) is 25.2 Å². The molecule has 0 spiro atoms. The second-order valence-electron chi connectivity index (χ2n) is 2.84. The van der Waals surface area contributed by atoms with E-state index in [1.807, 2.05) is 25.2 Å². The molecule has 2 aromatic rings. The van der Waals surface area contributed by atoms with E-state index in [1.165, 1.54) is 0 Å². The van der Waals surface area contributed by atoms with E-state index < -0.39 is 0 Å². The first kappa shape index (κ1) is 8.78. The van der Waals surface area contributed by atoms with Crippen LogP contribution < -0.4 is 5.32 Å². The van der Waals surface area contributed by atoms with E-state index >= 15 is 0 Å². The lowest BCUT2D eigenvalue weighted by Gasteiger charge is -2.04. The number of nitrogens with one attached hydrogen (secondary N) is 1. The van der Waals surface area contributed by atoms with Gasteiger partial charge in [-0.3, -0.25) is 0 Å². The van der Waals surface area contributed by atoms with Crippen LogP contribution in [0.4, 0.5) is 0 Å². The summed E-state index contributed by atoms with van der Waals surface area (Å²) in [4.78, 5) is 0.149. The summed E-state index contributed by atoms with van der Waals surface area (Å²) >= 11 is 3.51. The van der Waals surface area contributed by atoms with E-state index in [1.54, 1.807) is 6.26 Å². The summed E-state index contributed by atoms with van der Waals surface area (Å²) < 4.78 is 5.40. The summed E-state index contributed by atoms with van der Waals surface area (Å²) in [6.45, 7) is 0. The van der Waals surface area contributed by atoms with Crippen molar-refractivity contribution in [3.8, 4) is 0 Å². The summed E-state index contributed by atoms with van der Waals surface area (Å²) in [6, 6.07) is 8.00. The highest BCUT2D eigenvalue weighted by molar-refractivity contribution is 9.09. The Morgan fingerprint density at radius 2 is 2.15 bits per heavy atom. The number of para-hydroxylation sites is 1. The standard InChI is InChI=1S/C10H10BrNO/c1-12-10(11)8-6-13-9-5-3-2-4-7(8)9/h2-6,10,12H,1H3. The number of fused-ring (bicyclic) bond motifs is 1. The maximum absolute atomic E-state index is 5.40. The van der Waals surface area contributed by atoms with Crippen molar-refractivity contribution in [1.29, 1.82) is 0 Å². The van der Waals surface area contributed by atoms with Crippen molar-refractivity contribution in [3.05, 3.63) is 36.1 Å². The zero-order valence-electron chi connectivity index (χ0n) is 7.25.